The van der Waals surface area contributed by atoms with Gasteiger partial charge in [-0.3, -0.25) is 4.79 Å². The van der Waals surface area contributed by atoms with Crippen LogP contribution in [0.5, 0.6) is 0 Å². The number of carbonyl (C=O) groups is 1. The molecule has 102 valence electrons. The molecule has 6 nitrogen and oxygen atoms in total. The van der Waals surface area contributed by atoms with Crippen molar-refractivity contribution >= 4 is 5.91 Å². The Labute approximate surface area is 108 Å². The average molecular weight is 253 g/mol. The van der Waals surface area contributed by atoms with E-state index in [1.807, 2.05) is 27.8 Å². The lowest BCUT2D eigenvalue weighted by Gasteiger charge is -2.30. The Balaban J connectivity index is 2.78. The fourth-order valence-corrected chi connectivity index (χ4v) is 2.05. The highest BCUT2D eigenvalue weighted by atomic mass is 16.2. The number of aromatic nitrogens is 3. The Morgan fingerprint density at radius 3 is 2.56 bits per heavy atom. The second-order valence-electron chi connectivity index (χ2n) is 4.69. The molecule has 1 heterocycles. The van der Waals surface area contributed by atoms with Gasteiger partial charge in [0.1, 0.15) is 6.33 Å². The highest BCUT2D eigenvalue weighted by Gasteiger charge is 2.34. The molecule has 1 unspecified atom stereocenters. The van der Waals surface area contributed by atoms with Crippen LogP contribution in [0.2, 0.25) is 0 Å². The minimum Gasteiger partial charge on any atom is -0.346 e. The van der Waals surface area contributed by atoms with Crippen LogP contribution < -0.4 is 11.1 Å². The van der Waals surface area contributed by atoms with E-state index in [0.717, 1.165) is 18.7 Å². The topological polar surface area (TPSA) is 85.8 Å². The van der Waals surface area contributed by atoms with Crippen LogP contribution in [0, 0.1) is 5.41 Å². The number of rotatable bonds is 6. The lowest BCUT2D eigenvalue weighted by Crippen LogP contribution is -2.46. The molecule has 0 aromatic carbocycles. The Kier molecular flexibility index (Phi) is 4.84. The monoisotopic (exact) mass is 253 g/mol. The molecular formula is C12H23N5O. The summed E-state index contributed by atoms with van der Waals surface area (Å²) in [7, 11) is 1.85. The normalized spacial score (nSPS) is 13.4. The Hall–Kier alpha value is -1.43. The summed E-state index contributed by atoms with van der Waals surface area (Å²) in [6.07, 6.45) is 3.09. The minimum atomic E-state index is -0.479. The Morgan fingerprint density at radius 2 is 2.17 bits per heavy atom. The van der Waals surface area contributed by atoms with Crippen LogP contribution in [0.15, 0.2) is 6.33 Å². The van der Waals surface area contributed by atoms with Gasteiger partial charge in [-0.15, -0.1) is 10.2 Å². The van der Waals surface area contributed by atoms with E-state index in [9.17, 15) is 4.79 Å². The summed E-state index contributed by atoms with van der Waals surface area (Å²) in [5.74, 6) is 0.729. The van der Waals surface area contributed by atoms with Crippen molar-refractivity contribution in [3.63, 3.8) is 0 Å². The molecule has 0 fully saturated rings. The summed E-state index contributed by atoms with van der Waals surface area (Å²) in [5.41, 5.74) is 5.28. The number of amides is 1. The largest absolute Gasteiger partial charge is 0.346 e. The molecule has 18 heavy (non-hydrogen) atoms. The van der Waals surface area contributed by atoms with Gasteiger partial charge in [-0.1, -0.05) is 13.8 Å². The van der Waals surface area contributed by atoms with E-state index in [1.54, 1.807) is 10.9 Å². The third kappa shape index (κ3) is 2.69. The zero-order chi connectivity index (χ0) is 13.8. The third-order valence-corrected chi connectivity index (χ3v) is 3.71. The van der Waals surface area contributed by atoms with Gasteiger partial charge in [-0.05, 0) is 19.8 Å². The van der Waals surface area contributed by atoms with Crippen molar-refractivity contribution < 1.29 is 4.79 Å². The highest BCUT2D eigenvalue weighted by Crippen LogP contribution is 2.26. The summed E-state index contributed by atoms with van der Waals surface area (Å²) >= 11 is 0. The molecule has 6 heteroatoms. The van der Waals surface area contributed by atoms with E-state index in [1.165, 1.54) is 0 Å². The Bertz CT molecular complexity index is 389. The standard InChI is InChI=1S/C12H23N5O/c1-5-12(6-2,7-13)11(18)15-9(3)10-16-14-8-17(10)4/h8-9H,5-7,13H2,1-4H3,(H,15,18). The number of nitrogens with one attached hydrogen (secondary N) is 1. The van der Waals surface area contributed by atoms with E-state index in [-0.39, 0.29) is 11.9 Å². The van der Waals surface area contributed by atoms with Crippen molar-refractivity contribution in [1.29, 1.82) is 0 Å². The van der Waals surface area contributed by atoms with Crippen LogP contribution in [-0.2, 0) is 11.8 Å². The molecule has 3 N–H and O–H groups in total. The minimum absolute atomic E-state index is 0.00880. The summed E-state index contributed by atoms with van der Waals surface area (Å²) in [4.78, 5) is 12.3. The first-order valence-corrected chi connectivity index (χ1v) is 6.35. The summed E-state index contributed by atoms with van der Waals surface area (Å²) in [6, 6.07) is -0.172. The predicted octanol–water partition coefficient (Wildman–Crippen LogP) is 0.757. The number of hydrogen-bond donors (Lipinski definition) is 2. The van der Waals surface area contributed by atoms with Gasteiger partial charge in [-0.25, -0.2) is 0 Å². The maximum atomic E-state index is 12.3. The SMILES string of the molecule is CCC(CC)(CN)C(=O)NC(C)c1nncn1C. The molecule has 1 rings (SSSR count). The average Bonchev–Trinajstić information content (AvgIpc) is 2.78. The van der Waals surface area contributed by atoms with Gasteiger partial charge in [0.05, 0.1) is 11.5 Å². The quantitative estimate of drug-likeness (QED) is 0.783. The second kappa shape index (κ2) is 5.95. The van der Waals surface area contributed by atoms with E-state index >= 15 is 0 Å². The predicted molar refractivity (Wildman–Crippen MR) is 69.6 cm³/mol. The number of nitrogens with zero attached hydrogens (tertiary/aromatic N) is 3. The van der Waals surface area contributed by atoms with Gasteiger partial charge in [0.2, 0.25) is 5.91 Å². The molecule has 0 saturated carbocycles. The third-order valence-electron chi connectivity index (χ3n) is 3.71. The summed E-state index contributed by atoms with van der Waals surface area (Å²) < 4.78 is 1.80. The molecule has 0 radical (unpaired) electrons. The van der Waals surface area contributed by atoms with Crippen LogP contribution in [0.25, 0.3) is 0 Å². The van der Waals surface area contributed by atoms with E-state index in [4.69, 9.17) is 5.73 Å². The first-order chi connectivity index (χ1) is 8.50. The molecule has 0 aliphatic carbocycles. The van der Waals surface area contributed by atoms with Gasteiger partial charge >= 0.3 is 0 Å². The van der Waals surface area contributed by atoms with E-state index in [0.29, 0.717) is 6.54 Å². The van der Waals surface area contributed by atoms with Crippen molar-refractivity contribution in [1.82, 2.24) is 20.1 Å². The fourth-order valence-electron chi connectivity index (χ4n) is 2.05. The van der Waals surface area contributed by atoms with Gasteiger partial charge in [0, 0.05) is 13.6 Å². The zero-order valence-electron chi connectivity index (χ0n) is 11.6. The second-order valence-corrected chi connectivity index (χ2v) is 4.69. The molecule has 0 bridgehead atoms. The van der Waals surface area contributed by atoms with E-state index < -0.39 is 5.41 Å². The molecule has 0 saturated heterocycles. The van der Waals surface area contributed by atoms with Crippen molar-refractivity contribution in [3.05, 3.63) is 12.2 Å². The van der Waals surface area contributed by atoms with Crippen LogP contribution in [0.1, 0.15) is 45.5 Å². The highest BCUT2D eigenvalue weighted by molar-refractivity contribution is 5.83. The van der Waals surface area contributed by atoms with Crippen LogP contribution in [0.3, 0.4) is 0 Å². The molecule has 0 spiro atoms. The maximum absolute atomic E-state index is 12.3. The molecule has 1 atom stereocenters. The Morgan fingerprint density at radius 1 is 1.56 bits per heavy atom. The van der Waals surface area contributed by atoms with Crippen molar-refractivity contribution in [3.8, 4) is 0 Å². The lowest BCUT2D eigenvalue weighted by atomic mass is 9.81. The van der Waals surface area contributed by atoms with Crippen LogP contribution >= 0.6 is 0 Å². The van der Waals surface area contributed by atoms with Gasteiger partial charge in [-0.2, -0.15) is 0 Å². The number of carbonyl (C=O) groups excluding carboxylic acids is 1. The zero-order valence-corrected chi connectivity index (χ0v) is 11.6. The number of hydrogen-bond acceptors (Lipinski definition) is 4. The molecular weight excluding hydrogens is 230 g/mol. The molecule has 0 aliphatic heterocycles. The first kappa shape index (κ1) is 14.6. The smallest absolute Gasteiger partial charge is 0.228 e. The van der Waals surface area contributed by atoms with Crippen molar-refractivity contribution in [2.75, 3.05) is 6.54 Å². The van der Waals surface area contributed by atoms with Gasteiger partial charge < -0.3 is 15.6 Å². The van der Waals surface area contributed by atoms with Crippen molar-refractivity contribution in [2.24, 2.45) is 18.2 Å². The van der Waals surface area contributed by atoms with Crippen LogP contribution in [-0.4, -0.2) is 27.2 Å². The molecule has 1 aromatic rings. The molecule has 1 amide bonds. The van der Waals surface area contributed by atoms with Gasteiger partial charge in [0.25, 0.3) is 0 Å². The number of aryl methyl sites for hydroxylation is 1. The lowest BCUT2D eigenvalue weighted by molar-refractivity contribution is -0.131. The molecule has 0 aliphatic rings. The fraction of sp³-hybridized carbons (Fsp3) is 0.750. The van der Waals surface area contributed by atoms with Crippen molar-refractivity contribution in [2.45, 2.75) is 39.7 Å². The van der Waals surface area contributed by atoms with Gasteiger partial charge in [0.15, 0.2) is 5.82 Å². The first-order valence-electron chi connectivity index (χ1n) is 6.35. The molecule has 1 aromatic heterocycles. The number of nitrogens with two attached hydrogens (primary N) is 1. The van der Waals surface area contributed by atoms with E-state index in [2.05, 4.69) is 15.5 Å². The summed E-state index contributed by atoms with van der Waals surface area (Å²) in [5, 5.41) is 10.8. The summed E-state index contributed by atoms with van der Waals surface area (Å²) in [6.45, 7) is 6.23. The van der Waals surface area contributed by atoms with Crippen LogP contribution in [0.4, 0.5) is 0 Å². The maximum Gasteiger partial charge on any atom is 0.228 e.